The minimum Gasteiger partial charge on any atom is -0.316 e. The third-order valence-electron chi connectivity index (χ3n) is 3.29. The van der Waals surface area contributed by atoms with E-state index in [-0.39, 0.29) is 0 Å². The van der Waals surface area contributed by atoms with Crippen LogP contribution in [0.3, 0.4) is 0 Å². The van der Waals surface area contributed by atoms with Crippen LogP contribution in [0.2, 0.25) is 0 Å². The first-order chi connectivity index (χ1) is 10.4. The van der Waals surface area contributed by atoms with Crippen LogP contribution in [0.4, 0.5) is 0 Å². The summed E-state index contributed by atoms with van der Waals surface area (Å²) in [5.74, 6) is 0. The number of nitrogens with one attached hydrogen (secondary N) is 1. The van der Waals surface area contributed by atoms with Crippen molar-refractivity contribution in [2.75, 3.05) is 13.1 Å². The lowest BCUT2D eigenvalue weighted by atomic mass is 10.1. The first-order valence-corrected chi connectivity index (χ1v) is 8.07. The lowest BCUT2D eigenvalue weighted by Gasteiger charge is -2.01. The van der Waals surface area contributed by atoms with E-state index < -0.39 is 0 Å². The van der Waals surface area contributed by atoms with Crippen molar-refractivity contribution < 1.29 is 0 Å². The smallest absolute Gasteiger partial charge is 0.148 e. The van der Waals surface area contributed by atoms with Crippen molar-refractivity contribution in [2.24, 2.45) is 0 Å². The van der Waals surface area contributed by atoms with Crippen molar-refractivity contribution >= 4 is 22.2 Å². The van der Waals surface area contributed by atoms with Crippen LogP contribution in [0.5, 0.6) is 0 Å². The highest BCUT2D eigenvalue weighted by atomic mass is 32.1. The van der Waals surface area contributed by atoms with Gasteiger partial charge in [0.1, 0.15) is 10.0 Å². The van der Waals surface area contributed by atoms with Gasteiger partial charge in [0, 0.05) is 30.1 Å². The molecule has 0 radical (unpaired) electrons. The highest BCUT2D eigenvalue weighted by Gasteiger charge is 2.10. The van der Waals surface area contributed by atoms with Crippen molar-refractivity contribution in [1.29, 1.82) is 0 Å². The Hall–Kier alpha value is -1.85. The van der Waals surface area contributed by atoms with Crippen LogP contribution < -0.4 is 5.32 Å². The molecule has 2 aromatic heterocycles. The monoisotopic (exact) mass is 298 g/mol. The van der Waals surface area contributed by atoms with E-state index in [4.69, 9.17) is 0 Å². The Morgan fingerprint density at radius 3 is 2.90 bits per heavy atom. The predicted octanol–water partition coefficient (Wildman–Crippen LogP) is 3.30. The Morgan fingerprint density at radius 1 is 1.10 bits per heavy atom. The van der Waals surface area contributed by atoms with Crippen LogP contribution in [0, 0.1) is 0 Å². The Kier molecular flexibility index (Phi) is 4.52. The molecule has 0 spiro atoms. The molecule has 3 rings (SSSR count). The van der Waals surface area contributed by atoms with Crippen molar-refractivity contribution in [3.8, 4) is 10.6 Å². The summed E-state index contributed by atoms with van der Waals surface area (Å²) < 4.78 is 0. The first-order valence-electron chi connectivity index (χ1n) is 7.25. The van der Waals surface area contributed by atoms with Crippen molar-refractivity contribution in [1.82, 2.24) is 20.5 Å². The topological polar surface area (TPSA) is 50.7 Å². The molecule has 0 aliphatic carbocycles. The average molecular weight is 298 g/mol. The summed E-state index contributed by atoms with van der Waals surface area (Å²) in [7, 11) is 0. The molecule has 108 valence electrons. The number of pyridine rings is 1. The second-order valence-corrected chi connectivity index (χ2v) is 5.94. The standard InChI is InChI=1S/C16H18N4S/c1-2-9-17-10-8-15-19-20-16(21-15)13-7-11-18-14-6-4-3-5-12(13)14/h3-7,11,17H,2,8-10H2,1H3. The molecule has 0 fully saturated rings. The Bertz CT molecular complexity index is 718. The molecule has 0 amide bonds. The fourth-order valence-electron chi connectivity index (χ4n) is 2.24. The van der Waals surface area contributed by atoms with E-state index in [0.29, 0.717) is 0 Å². The van der Waals surface area contributed by atoms with E-state index in [1.807, 2.05) is 30.5 Å². The molecule has 0 saturated carbocycles. The van der Waals surface area contributed by atoms with Gasteiger partial charge in [-0.15, -0.1) is 10.2 Å². The van der Waals surface area contributed by atoms with Gasteiger partial charge in [0.05, 0.1) is 5.52 Å². The zero-order valence-electron chi connectivity index (χ0n) is 12.0. The summed E-state index contributed by atoms with van der Waals surface area (Å²) in [5, 5.41) is 15.2. The average Bonchev–Trinajstić information content (AvgIpc) is 3.00. The van der Waals surface area contributed by atoms with E-state index in [0.717, 1.165) is 52.4 Å². The normalized spacial score (nSPS) is 11.1. The van der Waals surface area contributed by atoms with Gasteiger partial charge in [-0.1, -0.05) is 36.5 Å². The summed E-state index contributed by atoms with van der Waals surface area (Å²) in [6, 6.07) is 10.2. The number of aromatic nitrogens is 3. The van der Waals surface area contributed by atoms with Crippen LogP contribution in [0.25, 0.3) is 21.5 Å². The third kappa shape index (κ3) is 3.25. The zero-order chi connectivity index (χ0) is 14.5. The van der Waals surface area contributed by atoms with Crippen LogP contribution in [0.15, 0.2) is 36.5 Å². The number of fused-ring (bicyclic) bond motifs is 1. The first kappa shape index (κ1) is 14.1. The summed E-state index contributed by atoms with van der Waals surface area (Å²) in [6.45, 7) is 4.19. The number of rotatable bonds is 6. The van der Waals surface area contributed by atoms with Crippen molar-refractivity contribution in [3.05, 3.63) is 41.5 Å². The maximum atomic E-state index is 4.39. The molecule has 0 unspecified atom stereocenters. The van der Waals surface area contributed by atoms with Gasteiger partial charge in [0.2, 0.25) is 0 Å². The molecule has 1 N–H and O–H groups in total. The second kappa shape index (κ2) is 6.74. The highest BCUT2D eigenvalue weighted by Crippen LogP contribution is 2.29. The fraction of sp³-hybridized carbons (Fsp3) is 0.312. The predicted molar refractivity (Wildman–Crippen MR) is 87.5 cm³/mol. The molecule has 5 heteroatoms. The van der Waals surface area contributed by atoms with Crippen LogP contribution >= 0.6 is 11.3 Å². The SMILES string of the molecule is CCCNCCc1nnc(-c2ccnc3ccccc23)s1. The summed E-state index contributed by atoms with van der Waals surface area (Å²) >= 11 is 1.67. The van der Waals surface area contributed by atoms with Gasteiger partial charge in [-0.2, -0.15) is 0 Å². The van der Waals surface area contributed by atoms with Crippen molar-refractivity contribution in [2.45, 2.75) is 19.8 Å². The van der Waals surface area contributed by atoms with Gasteiger partial charge < -0.3 is 5.32 Å². The molecular weight excluding hydrogens is 280 g/mol. The van der Waals surface area contributed by atoms with E-state index >= 15 is 0 Å². The fourth-order valence-corrected chi connectivity index (χ4v) is 3.12. The van der Waals surface area contributed by atoms with Gasteiger partial charge >= 0.3 is 0 Å². The van der Waals surface area contributed by atoms with E-state index in [9.17, 15) is 0 Å². The molecule has 0 aliphatic heterocycles. The number of para-hydroxylation sites is 1. The van der Waals surface area contributed by atoms with Crippen molar-refractivity contribution in [3.63, 3.8) is 0 Å². The van der Waals surface area contributed by atoms with E-state index in [2.05, 4.69) is 33.5 Å². The molecule has 0 aliphatic rings. The van der Waals surface area contributed by atoms with E-state index in [1.54, 1.807) is 11.3 Å². The quantitative estimate of drug-likeness (QED) is 0.709. The van der Waals surface area contributed by atoms with Gasteiger partial charge in [0.15, 0.2) is 0 Å². The number of hydrogen-bond acceptors (Lipinski definition) is 5. The summed E-state index contributed by atoms with van der Waals surface area (Å²) in [5.41, 5.74) is 2.11. The molecule has 2 heterocycles. The Balaban J connectivity index is 1.81. The molecule has 0 atom stereocenters. The third-order valence-corrected chi connectivity index (χ3v) is 4.31. The van der Waals surface area contributed by atoms with Gasteiger partial charge in [-0.3, -0.25) is 4.98 Å². The number of hydrogen-bond donors (Lipinski definition) is 1. The molecule has 0 bridgehead atoms. The minimum atomic E-state index is 0.931. The second-order valence-electron chi connectivity index (χ2n) is 4.88. The van der Waals surface area contributed by atoms with Gasteiger partial charge in [0.25, 0.3) is 0 Å². The molecule has 4 nitrogen and oxygen atoms in total. The van der Waals surface area contributed by atoms with Crippen LogP contribution in [0.1, 0.15) is 18.4 Å². The van der Waals surface area contributed by atoms with Gasteiger partial charge in [-0.25, -0.2) is 0 Å². The lowest BCUT2D eigenvalue weighted by Crippen LogP contribution is -2.17. The molecule has 21 heavy (non-hydrogen) atoms. The maximum absolute atomic E-state index is 4.39. The largest absolute Gasteiger partial charge is 0.316 e. The minimum absolute atomic E-state index is 0.931. The zero-order valence-corrected chi connectivity index (χ0v) is 12.9. The Morgan fingerprint density at radius 2 is 2.00 bits per heavy atom. The molecule has 3 aromatic rings. The highest BCUT2D eigenvalue weighted by molar-refractivity contribution is 7.14. The van der Waals surface area contributed by atoms with Crippen LogP contribution in [-0.2, 0) is 6.42 Å². The number of nitrogens with zero attached hydrogens (tertiary/aromatic N) is 3. The Labute approximate surface area is 128 Å². The summed E-state index contributed by atoms with van der Waals surface area (Å²) in [6.07, 6.45) is 3.92. The number of benzene rings is 1. The van der Waals surface area contributed by atoms with E-state index in [1.165, 1.54) is 0 Å². The molecule has 1 aromatic carbocycles. The van der Waals surface area contributed by atoms with Crippen LogP contribution in [-0.4, -0.2) is 28.3 Å². The van der Waals surface area contributed by atoms with Gasteiger partial charge in [-0.05, 0) is 25.1 Å². The maximum Gasteiger partial charge on any atom is 0.148 e. The molecule has 0 saturated heterocycles. The molecular formula is C16H18N4S. The summed E-state index contributed by atoms with van der Waals surface area (Å²) in [4.78, 5) is 4.39. The lowest BCUT2D eigenvalue weighted by molar-refractivity contribution is 0.668.